The van der Waals surface area contributed by atoms with E-state index in [0.717, 1.165) is 36.3 Å². The molecule has 0 bridgehead atoms. The Morgan fingerprint density at radius 3 is 2.41 bits per heavy atom. The SMILES string of the molecule is CC(C)(C)OC(=O)C(CC=O)N(NC(=O)OCc1ccccc1)C(=O)CCC1CCCC1. The summed E-state index contributed by atoms with van der Waals surface area (Å²) in [5.41, 5.74) is 2.34. The normalized spacial score (nSPS) is 15.0. The van der Waals surface area contributed by atoms with Crippen molar-refractivity contribution in [3.05, 3.63) is 35.9 Å². The quantitative estimate of drug-likeness (QED) is 0.350. The van der Waals surface area contributed by atoms with Gasteiger partial charge in [0.05, 0.1) is 0 Å². The van der Waals surface area contributed by atoms with Crippen molar-refractivity contribution in [2.75, 3.05) is 0 Å². The Balaban J connectivity index is 2.11. The smallest absolute Gasteiger partial charge is 0.426 e. The molecule has 1 unspecified atom stereocenters. The Bertz CT molecular complexity index is 768. The Hall–Kier alpha value is -2.90. The lowest BCUT2D eigenvalue weighted by Gasteiger charge is -2.31. The zero-order valence-electron chi connectivity index (χ0n) is 19.2. The van der Waals surface area contributed by atoms with E-state index in [4.69, 9.17) is 9.47 Å². The highest BCUT2D eigenvalue weighted by Gasteiger charge is 2.35. The van der Waals surface area contributed by atoms with Gasteiger partial charge >= 0.3 is 12.1 Å². The molecule has 176 valence electrons. The van der Waals surface area contributed by atoms with E-state index in [0.29, 0.717) is 18.6 Å². The summed E-state index contributed by atoms with van der Waals surface area (Å²) in [5.74, 6) is -0.759. The number of benzene rings is 1. The highest BCUT2D eigenvalue weighted by Crippen LogP contribution is 2.29. The third kappa shape index (κ3) is 8.69. The maximum atomic E-state index is 13.0. The first-order valence-electron chi connectivity index (χ1n) is 11.2. The molecule has 2 rings (SSSR count). The minimum Gasteiger partial charge on any atom is -0.458 e. The molecule has 1 fully saturated rings. The van der Waals surface area contributed by atoms with Crippen molar-refractivity contribution < 1.29 is 28.7 Å². The first-order chi connectivity index (χ1) is 15.2. The number of rotatable bonds is 9. The fourth-order valence-electron chi connectivity index (χ4n) is 3.68. The maximum absolute atomic E-state index is 13.0. The summed E-state index contributed by atoms with van der Waals surface area (Å²) < 4.78 is 10.6. The fraction of sp³-hybridized carbons (Fsp3) is 0.583. The number of hydrazine groups is 1. The van der Waals surface area contributed by atoms with E-state index in [9.17, 15) is 19.2 Å². The number of esters is 1. The molecule has 1 aliphatic rings. The highest BCUT2D eigenvalue weighted by atomic mass is 16.6. The van der Waals surface area contributed by atoms with Crippen LogP contribution in [0.4, 0.5) is 4.79 Å². The Labute approximate surface area is 189 Å². The maximum Gasteiger partial charge on any atom is 0.426 e. The van der Waals surface area contributed by atoms with Gasteiger partial charge in [0.25, 0.3) is 0 Å². The summed E-state index contributed by atoms with van der Waals surface area (Å²) in [6.45, 7) is 5.07. The molecular weight excluding hydrogens is 412 g/mol. The number of hydrogen-bond acceptors (Lipinski definition) is 6. The van der Waals surface area contributed by atoms with Gasteiger partial charge in [-0.2, -0.15) is 0 Å². The lowest BCUT2D eigenvalue weighted by atomic mass is 10.0. The van der Waals surface area contributed by atoms with E-state index >= 15 is 0 Å². The van der Waals surface area contributed by atoms with Gasteiger partial charge in [-0.3, -0.25) is 4.79 Å². The van der Waals surface area contributed by atoms with Gasteiger partial charge in [-0.1, -0.05) is 56.0 Å². The highest BCUT2D eigenvalue weighted by molar-refractivity contribution is 5.87. The molecule has 0 aliphatic heterocycles. The predicted molar refractivity (Wildman–Crippen MR) is 118 cm³/mol. The molecule has 0 heterocycles. The van der Waals surface area contributed by atoms with E-state index in [1.807, 2.05) is 18.2 Å². The molecule has 8 nitrogen and oxygen atoms in total. The standard InChI is InChI=1S/C24H34N2O6/c1-24(2,3)32-22(29)20(15-16-27)26(21(28)14-13-18-9-7-8-10-18)25-23(30)31-17-19-11-5-4-6-12-19/h4-6,11-12,16,18,20H,7-10,13-15,17H2,1-3H3,(H,25,30). The summed E-state index contributed by atoms with van der Waals surface area (Å²) in [5, 5.41) is 0.907. The van der Waals surface area contributed by atoms with Crippen molar-refractivity contribution in [1.29, 1.82) is 0 Å². The van der Waals surface area contributed by atoms with Crippen molar-refractivity contribution in [1.82, 2.24) is 10.4 Å². The number of amides is 2. The largest absolute Gasteiger partial charge is 0.458 e. The molecule has 8 heteroatoms. The predicted octanol–water partition coefficient (Wildman–Crippen LogP) is 3.93. The van der Waals surface area contributed by atoms with Crippen molar-refractivity contribution in [2.24, 2.45) is 5.92 Å². The van der Waals surface area contributed by atoms with Crippen LogP contribution in [0.5, 0.6) is 0 Å². The first kappa shape index (κ1) is 25.4. The molecule has 1 atom stereocenters. The van der Waals surface area contributed by atoms with E-state index < -0.39 is 29.6 Å². The van der Waals surface area contributed by atoms with Crippen LogP contribution in [-0.2, 0) is 30.5 Å². The molecule has 1 N–H and O–H groups in total. The third-order valence-electron chi connectivity index (χ3n) is 5.24. The number of carbonyl (C=O) groups is 4. The van der Waals surface area contributed by atoms with Crippen molar-refractivity contribution in [2.45, 2.75) is 84.0 Å². The second-order valence-electron chi connectivity index (χ2n) is 9.08. The summed E-state index contributed by atoms with van der Waals surface area (Å²) >= 11 is 0. The molecule has 1 aliphatic carbocycles. The van der Waals surface area contributed by atoms with Crippen molar-refractivity contribution in [3.63, 3.8) is 0 Å². The van der Waals surface area contributed by atoms with Crippen LogP contribution < -0.4 is 5.43 Å². The summed E-state index contributed by atoms with van der Waals surface area (Å²) in [6, 6.07) is 7.81. The third-order valence-corrected chi connectivity index (χ3v) is 5.24. The Morgan fingerprint density at radius 2 is 1.81 bits per heavy atom. The molecule has 0 saturated heterocycles. The van der Waals surface area contributed by atoms with Crippen LogP contribution in [-0.4, -0.2) is 40.9 Å². The van der Waals surface area contributed by atoms with Crippen molar-refractivity contribution in [3.8, 4) is 0 Å². The van der Waals surface area contributed by atoms with Gasteiger partial charge in [0.2, 0.25) is 5.91 Å². The number of carbonyl (C=O) groups excluding carboxylic acids is 4. The van der Waals surface area contributed by atoms with E-state index in [1.165, 1.54) is 0 Å². The summed E-state index contributed by atoms with van der Waals surface area (Å²) in [6.07, 6.45) is 4.61. The lowest BCUT2D eigenvalue weighted by Crippen LogP contribution is -2.56. The first-order valence-corrected chi connectivity index (χ1v) is 11.2. The number of nitrogens with one attached hydrogen (secondary N) is 1. The minimum atomic E-state index is -1.27. The zero-order chi connectivity index (χ0) is 23.6. The lowest BCUT2D eigenvalue weighted by molar-refractivity contribution is -0.167. The summed E-state index contributed by atoms with van der Waals surface area (Å²) in [4.78, 5) is 49.5. The van der Waals surface area contributed by atoms with Crippen LogP contribution >= 0.6 is 0 Å². The second kappa shape index (κ2) is 12.2. The van der Waals surface area contributed by atoms with Gasteiger partial charge < -0.3 is 14.3 Å². The zero-order valence-corrected chi connectivity index (χ0v) is 19.2. The van der Waals surface area contributed by atoms with Crippen LogP contribution in [0.1, 0.15) is 71.3 Å². The number of nitrogens with zero attached hydrogens (tertiary/aromatic N) is 1. The number of hydrogen-bond donors (Lipinski definition) is 1. The average molecular weight is 447 g/mol. The van der Waals surface area contributed by atoms with Crippen LogP contribution in [0.25, 0.3) is 0 Å². The summed E-state index contributed by atoms with van der Waals surface area (Å²) in [7, 11) is 0. The van der Waals surface area contributed by atoms with Crippen LogP contribution in [0.3, 0.4) is 0 Å². The number of aldehydes is 1. The molecule has 1 aromatic rings. The van der Waals surface area contributed by atoms with Crippen LogP contribution in [0.15, 0.2) is 30.3 Å². The van der Waals surface area contributed by atoms with Gasteiger partial charge in [0.1, 0.15) is 18.5 Å². The van der Waals surface area contributed by atoms with E-state index in [1.54, 1.807) is 32.9 Å². The molecule has 1 saturated carbocycles. The average Bonchev–Trinajstić information content (AvgIpc) is 3.26. The topological polar surface area (TPSA) is 102 Å². The van der Waals surface area contributed by atoms with Gasteiger partial charge in [0, 0.05) is 12.8 Å². The molecule has 1 aromatic carbocycles. The van der Waals surface area contributed by atoms with Gasteiger partial charge in [0.15, 0.2) is 6.04 Å². The van der Waals surface area contributed by atoms with Gasteiger partial charge in [-0.05, 0) is 38.7 Å². The van der Waals surface area contributed by atoms with E-state index in [2.05, 4.69) is 5.43 Å². The molecular formula is C24H34N2O6. The fourth-order valence-corrected chi connectivity index (χ4v) is 3.68. The van der Waals surface area contributed by atoms with Crippen LogP contribution in [0.2, 0.25) is 0 Å². The molecule has 32 heavy (non-hydrogen) atoms. The molecule has 0 aromatic heterocycles. The molecule has 0 spiro atoms. The minimum absolute atomic E-state index is 0.00155. The van der Waals surface area contributed by atoms with Gasteiger partial charge in [-0.15, -0.1) is 0 Å². The number of ether oxygens (including phenoxy) is 2. The van der Waals surface area contributed by atoms with E-state index in [-0.39, 0.29) is 19.4 Å². The van der Waals surface area contributed by atoms with Gasteiger partial charge in [-0.25, -0.2) is 20.0 Å². The monoisotopic (exact) mass is 446 g/mol. The van der Waals surface area contributed by atoms with Crippen LogP contribution in [0, 0.1) is 5.92 Å². The second-order valence-corrected chi connectivity index (χ2v) is 9.08. The molecule has 0 radical (unpaired) electrons. The Morgan fingerprint density at radius 1 is 1.16 bits per heavy atom. The molecule has 2 amide bonds. The van der Waals surface area contributed by atoms with Crippen molar-refractivity contribution >= 4 is 24.3 Å². The Kier molecular flexibility index (Phi) is 9.68.